The van der Waals surface area contributed by atoms with Crippen LogP contribution in [-0.4, -0.2) is 15.5 Å². The van der Waals surface area contributed by atoms with Gasteiger partial charge in [-0.2, -0.15) is 0 Å². The number of carbonyl (C=O) groups is 2. The molecule has 0 bridgehead atoms. The third kappa shape index (κ3) is 2.01. The van der Waals surface area contributed by atoms with Crippen molar-refractivity contribution < 1.29 is 9.59 Å². The highest BCUT2D eigenvalue weighted by Gasteiger charge is 2.37. The molecule has 1 saturated carbocycles. The maximum atomic E-state index is 11.2. The molecule has 0 aromatic rings. The smallest absolute Gasteiger partial charge is 0.153 e. The van der Waals surface area contributed by atoms with E-state index >= 15 is 0 Å². The van der Waals surface area contributed by atoms with Gasteiger partial charge in [0.05, 0.1) is 0 Å². The lowest BCUT2D eigenvalue weighted by atomic mass is 9.76. The lowest BCUT2D eigenvalue weighted by molar-refractivity contribution is -0.131. The van der Waals surface area contributed by atoms with E-state index in [1.54, 1.807) is 0 Å². The van der Waals surface area contributed by atoms with Crippen molar-refractivity contribution in [3.8, 4) is 0 Å². The first-order valence-electron chi connectivity index (χ1n) is 3.62. The molecule has 0 heterocycles. The summed E-state index contributed by atoms with van der Waals surface area (Å²) in [4.78, 5) is 22.4. The maximum absolute atomic E-state index is 11.2. The first-order valence-corrected chi connectivity index (χ1v) is 4.86. The normalized spacial score (nSPS) is 25.7. The van der Waals surface area contributed by atoms with Crippen LogP contribution >= 0.6 is 22.6 Å². The van der Waals surface area contributed by atoms with Crippen molar-refractivity contribution in [3.63, 3.8) is 0 Å². The Bertz CT molecular complexity index is 188. The predicted molar refractivity (Wildman–Crippen MR) is 50.8 cm³/mol. The monoisotopic (exact) mass is 266 g/mol. The molecule has 11 heavy (non-hydrogen) atoms. The molecule has 0 saturated heterocycles. The molecule has 1 rings (SSSR count). The summed E-state index contributed by atoms with van der Waals surface area (Å²) in [5, 5.41) is 0. The molecule has 0 unspecified atom stereocenters. The van der Waals surface area contributed by atoms with Gasteiger partial charge in [0.2, 0.25) is 0 Å². The van der Waals surface area contributed by atoms with Crippen LogP contribution in [0.5, 0.6) is 0 Å². The molecular weight excluding hydrogens is 255 g/mol. The van der Waals surface area contributed by atoms with Gasteiger partial charge in [-0.25, -0.2) is 0 Å². The van der Waals surface area contributed by atoms with Crippen LogP contribution in [0, 0.1) is 5.41 Å². The Kier molecular flexibility index (Phi) is 2.37. The van der Waals surface area contributed by atoms with Crippen LogP contribution in [0.3, 0.4) is 0 Å². The molecule has 0 aromatic heterocycles. The fraction of sp³-hybridized carbons (Fsp3) is 0.750. The zero-order chi connectivity index (χ0) is 8.65. The second kappa shape index (κ2) is 2.84. The van der Waals surface area contributed by atoms with E-state index in [-0.39, 0.29) is 20.9 Å². The molecule has 1 aliphatic rings. The highest BCUT2D eigenvalue weighted by atomic mass is 127. The number of alkyl halides is 1. The van der Waals surface area contributed by atoms with E-state index in [1.807, 2.05) is 36.4 Å². The molecule has 0 spiro atoms. The van der Waals surface area contributed by atoms with Crippen LogP contribution in [0.2, 0.25) is 0 Å². The van der Waals surface area contributed by atoms with E-state index in [9.17, 15) is 9.59 Å². The van der Waals surface area contributed by atoms with Gasteiger partial charge in [-0.1, -0.05) is 36.4 Å². The van der Waals surface area contributed by atoms with Crippen molar-refractivity contribution in [2.24, 2.45) is 5.41 Å². The lowest BCUT2D eigenvalue weighted by Crippen LogP contribution is -2.37. The highest BCUT2D eigenvalue weighted by molar-refractivity contribution is 14.1. The maximum Gasteiger partial charge on any atom is 0.153 e. The van der Waals surface area contributed by atoms with E-state index in [1.165, 1.54) is 0 Å². The van der Waals surface area contributed by atoms with Crippen LogP contribution in [0.4, 0.5) is 0 Å². The first-order chi connectivity index (χ1) is 4.92. The second-order valence-corrected chi connectivity index (χ2v) is 5.06. The minimum Gasteiger partial charge on any atom is -0.298 e. The quantitative estimate of drug-likeness (QED) is 0.380. The summed E-state index contributed by atoms with van der Waals surface area (Å²) in [6, 6.07) is 0. The van der Waals surface area contributed by atoms with E-state index in [4.69, 9.17) is 0 Å². The molecule has 1 aliphatic carbocycles. The fourth-order valence-electron chi connectivity index (χ4n) is 1.36. The minimum absolute atomic E-state index is 0.0897. The summed E-state index contributed by atoms with van der Waals surface area (Å²) in [5.41, 5.74) is -0.101. The van der Waals surface area contributed by atoms with Gasteiger partial charge < -0.3 is 0 Å². The average Bonchev–Trinajstić information content (AvgIpc) is 1.81. The molecule has 0 aliphatic heterocycles. The van der Waals surface area contributed by atoms with Crippen molar-refractivity contribution in [1.29, 1.82) is 0 Å². The van der Waals surface area contributed by atoms with Gasteiger partial charge >= 0.3 is 0 Å². The van der Waals surface area contributed by atoms with E-state index in [2.05, 4.69) is 0 Å². The van der Waals surface area contributed by atoms with Gasteiger partial charge in [-0.05, 0) is 5.41 Å². The molecule has 0 atom stereocenters. The average molecular weight is 266 g/mol. The Morgan fingerprint density at radius 2 is 1.64 bits per heavy atom. The number of hydrogen-bond acceptors (Lipinski definition) is 2. The topological polar surface area (TPSA) is 34.1 Å². The van der Waals surface area contributed by atoms with Gasteiger partial charge in [-0.3, -0.25) is 9.59 Å². The summed E-state index contributed by atoms with van der Waals surface area (Å²) in [7, 11) is 0. The molecule has 1 fully saturated rings. The van der Waals surface area contributed by atoms with Gasteiger partial charge in [0.15, 0.2) is 11.6 Å². The van der Waals surface area contributed by atoms with Crippen molar-refractivity contribution in [2.45, 2.75) is 30.6 Å². The Balaban J connectivity index is 2.78. The third-order valence-electron chi connectivity index (χ3n) is 1.87. The summed E-state index contributed by atoms with van der Waals surface area (Å²) < 4.78 is -0.374. The van der Waals surface area contributed by atoms with E-state index in [0.29, 0.717) is 12.8 Å². The van der Waals surface area contributed by atoms with Crippen LogP contribution in [0.25, 0.3) is 0 Å². The second-order valence-electron chi connectivity index (χ2n) is 3.81. The zero-order valence-corrected chi connectivity index (χ0v) is 8.84. The summed E-state index contributed by atoms with van der Waals surface area (Å²) in [6.45, 7) is 3.93. The summed E-state index contributed by atoms with van der Waals surface area (Å²) in [6.07, 6.45) is 1.10. The van der Waals surface area contributed by atoms with Crippen molar-refractivity contribution >= 4 is 34.2 Å². The number of Topliss-reactive ketones (excluding diaryl/α,β-unsaturated/α-hetero) is 2. The number of hydrogen-bond donors (Lipinski definition) is 0. The SMILES string of the molecule is CC1(C)CC(=O)C(I)C(=O)C1. The Labute approximate surface area is 79.9 Å². The number of carbonyl (C=O) groups excluding carboxylic acids is 2. The van der Waals surface area contributed by atoms with E-state index < -0.39 is 0 Å². The van der Waals surface area contributed by atoms with Gasteiger partial charge in [0, 0.05) is 12.8 Å². The van der Waals surface area contributed by atoms with Crippen molar-refractivity contribution in [3.05, 3.63) is 0 Å². The molecule has 3 heteroatoms. The van der Waals surface area contributed by atoms with Crippen molar-refractivity contribution in [1.82, 2.24) is 0 Å². The molecule has 2 nitrogen and oxygen atoms in total. The van der Waals surface area contributed by atoms with Crippen LogP contribution in [-0.2, 0) is 9.59 Å². The van der Waals surface area contributed by atoms with Gasteiger partial charge in [0.1, 0.15) is 3.92 Å². The van der Waals surface area contributed by atoms with Crippen LogP contribution in [0.15, 0.2) is 0 Å². The Morgan fingerprint density at radius 1 is 1.27 bits per heavy atom. The largest absolute Gasteiger partial charge is 0.298 e. The molecule has 0 amide bonds. The molecule has 0 N–H and O–H groups in total. The molecule has 0 aromatic carbocycles. The number of ketones is 2. The minimum atomic E-state index is -0.374. The number of halogens is 1. The zero-order valence-electron chi connectivity index (χ0n) is 6.69. The number of rotatable bonds is 0. The molecule has 62 valence electrons. The Hall–Kier alpha value is 0.0700. The summed E-state index contributed by atoms with van der Waals surface area (Å²) in [5.74, 6) is 0.179. The predicted octanol–water partition coefficient (Wildman–Crippen LogP) is 1.75. The molecular formula is C8H11IO2. The van der Waals surface area contributed by atoms with Crippen LogP contribution in [0.1, 0.15) is 26.7 Å². The summed E-state index contributed by atoms with van der Waals surface area (Å²) >= 11 is 1.93. The third-order valence-corrected chi connectivity index (χ3v) is 3.26. The highest BCUT2D eigenvalue weighted by Crippen LogP contribution is 2.33. The van der Waals surface area contributed by atoms with Gasteiger partial charge in [-0.15, -0.1) is 0 Å². The van der Waals surface area contributed by atoms with Crippen molar-refractivity contribution in [2.75, 3.05) is 0 Å². The fourth-order valence-corrected chi connectivity index (χ4v) is 1.80. The van der Waals surface area contributed by atoms with Crippen LogP contribution < -0.4 is 0 Å². The first kappa shape index (κ1) is 9.16. The van der Waals surface area contributed by atoms with Gasteiger partial charge in [0.25, 0.3) is 0 Å². The lowest BCUT2D eigenvalue weighted by Gasteiger charge is -2.29. The Morgan fingerprint density at radius 3 is 2.00 bits per heavy atom. The molecule has 0 radical (unpaired) electrons. The van der Waals surface area contributed by atoms with E-state index in [0.717, 1.165) is 0 Å². The standard InChI is InChI=1S/C8H11IO2/c1-8(2)3-5(10)7(9)6(11)4-8/h7H,3-4H2,1-2H3.